The van der Waals surface area contributed by atoms with Crippen LogP contribution in [0.5, 0.6) is 0 Å². The first-order chi connectivity index (χ1) is 7.33. The van der Waals surface area contributed by atoms with Crippen LogP contribution in [-0.2, 0) is 9.59 Å². The van der Waals surface area contributed by atoms with Gasteiger partial charge in [0.05, 0.1) is 0 Å². The molecule has 1 aliphatic rings. The quantitative estimate of drug-likeness (QED) is 0.584. The molecule has 15 heavy (non-hydrogen) atoms. The van der Waals surface area contributed by atoms with Crippen LogP contribution < -0.4 is 5.32 Å². The molecule has 1 aromatic carbocycles. The third kappa shape index (κ3) is 1.81. The highest BCUT2D eigenvalue weighted by atomic mass is 16.2. The number of rotatable bonds is 2. The Labute approximate surface area is 87.8 Å². The number of ketones is 1. The minimum absolute atomic E-state index is 0.369. The number of nitrogens with one attached hydrogen (secondary N) is 1. The summed E-state index contributed by atoms with van der Waals surface area (Å²) in [6, 6.07) is 7.52. The van der Waals surface area contributed by atoms with Crippen molar-refractivity contribution in [1.29, 1.82) is 0 Å². The normalized spacial score (nSPS) is 14.3. The lowest BCUT2D eigenvalue weighted by Gasteiger charge is -2.08. The third-order valence-corrected chi connectivity index (χ3v) is 2.40. The molecule has 0 unspecified atom stereocenters. The van der Waals surface area contributed by atoms with Gasteiger partial charge < -0.3 is 5.32 Å². The van der Waals surface area contributed by atoms with Crippen LogP contribution in [-0.4, -0.2) is 18.6 Å². The van der Waals surface area contributed by atoms with Gasteiger partial charge in [0.2, 0.25) is 5.78 Å². The number of aldehydes is 1. The highest BCUT2D eigenvalue weighted by Gasteiger charge is 2.15. The number of allylic oxidation sites excluding steroid dienone is 1. The van der Waals surface area contributed by atoms with Crippen molar-refractivity contribution >= 4 is 23.3 Å². The fraction of sp³-hybridized carbons (Fsp3) is 0.167. The topological polar surface area (TPSA) is 46.2 Å². The number of carbonyl (C=O) groups excluding carboxylic acids is 2. The second-order valence-corrected chi connectivity index (χ2v) is 3.36. The van der Waals surface area contributed by atoms with E-state index < -0.39 is 5.78 Å². The Kier molecular flexibility index (Phi) is 2.63. The smallest absolute Gasteiger partial charge is 0.225 e. The van der Waals surface area contributed by atoms with Crippen LogP contribution in [0.4, 0.5) is 5.69 Å². The zero-order chi connectivity index (χ0) is 10.7. The van der Waals surface area contributed by atoms with Gasteiger partial charge >= 0.3 is 0 Å². The molecular weight excluding hydrogens is 190 g/mol. The summed E-state index contributed by atoms with van der Waals surface area (Å²) in [6.07, 6.45) is 2.94. The van der Waals surface area contributed by atoms with Crippen molar-refractivity contribution in [2.45, 2.75) is 6.42 Å². The maximum absolute atomic E-state index is 11.4. The monoisotopic (exact) mass is 201 g/mol. The maximum atomic E-state index is 11.4. The molecule has 2 rings (SSSR count). The van der Waals surface area contributed by atoms with Crippen LogP contribution in [0.25, 0.3) is 5.57 Å². The van der Waals surface area contributed by atoms with Crippen LogP contribution in [0.15, 0.2) is 30.3 Å². The van der Waals surface area contributed by atoms with E-state index in [0.29, 0.717) is 11.9 Å². The average molecular weight is 201 g/mol. The predicted molar refractivity (Wildman–Crippen MR) is 58.6 cm³/mol. The fourth-order valence-corrected chi connectivity index (χ4v) is 1.70. The number of hydrogen-bond donors (Lipinski definition) is 1. The van der Waals surface area contributed by atoms with Crippen LogP contribution in [0.2, 0.25) is 0 Å². The van der Waals surface area contributed by atoms with E-state index >= 15 is 0 Å². The Bertz CT molecular complexity index is 435. The molecule has 0 spiro atoms. The molecule has 1 N–H and O–H groups in total. The van der Waals surface area contributed by atoms with E-state index in [1.807, 2.05) is 30.3 Å². The van der Waals surface area contributed by atoms with Gasteiger partial charge in [0, 0.05) is 23.4 Å². The Morgan fingerprint density at radius 1 is 1.33 bits per heavy atom. The van der Waals surface area contributed by atoms with Crippen molar-refractivity contribution in [1.82, 2.24) is 0 Å². The molecule has 3 nitrogen and oxygen atoms in total. The summed E-state index contributed by atoms with van der Waals surface area (Å²) in [5.74, 6) is -0.453. The summed E-state index contributed by atoms with van der Waals surface area (Å²) in [5, 5.41) is 3.21. The van der Waals surface area contributed by atoms with E-state index in [-0.39, 0.29) is 0 Å². The molecule has 0 atom stereocenters. The summed E-state index contributed by atoms with van der Waals surface area (Å²) in [7, 11) is 0. The van der Waals surface area contributed by atoms with Crippen molar-refractivity contribution in [2.75, 3.05) is 11.9 Å². The van der Waals surface area contributed by atoms with Crippen molar-refractivity contribution < 1.29 is 9.59 Å². The van der Waals surface area contributed by atoms with Gasteiger partial charge in [0.15, 0.2) is 6.29 Å². The van der Waals surface area contributed by atoms with E-state index in [1.54, 1.807) is 0 Å². The van der Waals surface area contributed by atoms with E-state index in [2.05, 4.69) is 5.32 Å². The Hall–Kier alpha value is -1.90. The van der Waals surface area contributed by atoms with Crippen LogP contribution >= 0.6 is 0 Å². The zero-order valence-corrected chi connectivity index (χ0v) is 8.19. The minimum Gasteiger partial charge on any atom is -0.384 e. The predicted octanol–water partition coefficient (Wildman–Crippen LogP) is 1.65. The first-order valence-electron chi connectivity index (χ1n) is 4.86. The molecule has 0 saturated heterocycles. The van der Waals surface area contributed by atoms with Crippen molar-refractivity contribution in [3.8, 4) is 0 Å². The second kappa shape index (κ2) is 4.09. The molecule has 1 heterocycles. The molecule has 0 aromatic heterocycles. The zero-order valence-electron chi connectivity index (χ0n) is 8.19. The fourth-order valence-electron chi connectivity index (χ4n) is 1.70. The van der Waals surface area contributed by atoms with Crippen molar-refractivity contribution in [2.24, 2.45) is 0 Å². The third-order valence-electron chi connectivity index (χ3n) is 2.40. The molecule has 0 bridgehead atoms. The molecule has 0 amide bonds. The highest BCUT2D eigenvalue weighted by Crippen LogP contribution is 2.26. The lowest BCUT2D eigenvalue weighted by atomic mass is 10.0. The molecule has 0 saturated carbocycles. The van der Waals surface area contributed by atoms with E-state index in [9.17, 15) is 9.59 Å². The molecule has 0 aliphatic carbocycles. The number of fused-ring (bicyclic) bond motifs is 1. The second-order valence-electron chi connectivity index (χ2n) is 3.36. The molecule has 0 fully saturated rings. The Morgan fingerprint density at radius 2 is 2.13 bits per heavy atom. The number of para-hydroxylation sites is 1. The highest BCUT2D eigenvalue weighted by molar-refractivity contribution is 6.46. The maximum Gasteiger partial charge on any atom is 0.225 e. The molecule has 1 aliphatic heterocycles. The van der Waals surface area contributed by atoms with Gasteiger partial charge in [-0.1, -0.05) is 24.3 Å². The SMILES string of the molecule is O=CC(=O)C1=CCCNc2ccccc21. The summed E-state index contributed by atoms with van der Waals surface area (Å²) in [4.78, 5) is 21.9. The minimum atomic E-state index is -0.453. The number of Topliss-reactive ketones (excluding diaryl/α,β-unsaturated/α-hetero) is 1. The van der Waals surface area contributed by atoms with Crippen LogP contribution in [0, 0.1) is 0 Å². The Morgan fingerprint density at radius 3 is 2.93 bits per heavy atom. The number of carbonyl (C=O) groups is 2. The van der Waals surface area contributed by atoms with Crippen molar-refractivity contribution in [3.63, 3.8) is 0 Å². The number of anilines is 1. The molecular formula is C12H11NO2. The van der Waals surface area contributed by atoms with Gasteiger partial charge in [-0.3, -0.25) is 9.59 Å². The lowest BCUT2D eigenvalue weighted by Crippen LogP contribution is -2.04. The standard InChI is InChI=1S/C12H11NO2/c14-8-12(15)10-5-3-7-13-11-6-2-1-4-9(10)11/h1-2,4-6,8,13H,3,7H2. The summed E-state index contributed by atoms with van der Waals surface area (Å²) < 4.78 is 0. The van der Waals surface area contributed by atoms with Gasteiger partial charge in [-0.2, -0.15) is 0 Å². The number of benzene rings is 1. The van der Waals surface area contributed by atoms with Gasteiger partial charge in [-0.25, -0.2) is 0 Å². The van der Waals surface area contributed by atoms with E-state index in [0.717, 1.165) is 24.2 Å². The van der Waals surface area contributed by atoms with Gasteiger partial charge in [-0.05, 0) is 12.5 Å². The van der Waals surface area contributed by atoms with E-state index in [4.69, 9.17) is 0 Å². The molecule has 3 heteroatoms. The van der Waals surface area contributed by atoms with Gasteiger partial charge in [0.25, 0.3) is 0 Å². The van der Waals surface area contributed by atoms with Crippen molar-refractivity contribution in [3.05, 3.63) is 35.9 Å². The summed E-state index contributed by atoms with van der Waals surface area (Å²) in [6.45, 7) is 0.784. The number of hydrogen-bond acceptors (Lipinski definition) is 3. The van der Waals surface area contributed by atoms with Crippen LogP contribution in [0.1, 0.15) is 12.0 Å². The lowest BCUT2D eigenvalue weighted by molar-refractivity contribution is -0.126. The molecule has 0 radical (unpaired) electrons. The van der Waals surface area contributed by atoms with Crippen LogP contribution in [0.3, 0.4) is 0 Å². The first kappa shape index (κ1) is 9.65. The van der Waals surface area contributed by atoms with E-state index in [1.165, 1.54) is 0 Å². The Balaban J connectivity index is 2.51. The van der Waals surface area contributed by atoms with Gasteiger partial charge in [-0.15, -0.1) is 0 Å². The first-order valence-corrected chi connectivity index (χ1v) is 4.86. The molecule has 1 aromatic rings. The molecule has 76 valence electrons. The average Bonchev–Trinajstić information content (AvgIpc) is 2.50. The largest absolute Gasteiger partial charge is 0.384 e. The summed E-state index contributed by atoms with van der Waals surface area (Å²) >= 11 is 0. The van der Waals surface area contributed by atoms with Gasteiger partial charge in [0.1, 0.15) is 0 Å². The summed E-state index contributed by atoms with van der Waals surface area (Å²) in [5.41, 5.74) is 2.23.